The van der Waals surface area contributed by atoms with Crippen LogP contribution in [-0.2, 0) is 15.1 Å². The van der Waals surface area contributed by atoms with E-state index in [0.29, 0.717) is 17.9 Å². The molecule has 4 amide bonds. The van der Waals surface area contributed by atoms with Crippen LogP contribution >= 0.6 is 11.8 Å². The van der Waals surface area contributed by atoms with Crippen molar-refractivity contribution in [1.82, 2.24) is 15.5 Å². The van der Waals surface area contributed by atoms with E-state index in [9.17, 15) is 14.4 Å². The molecule has 0 bridgehead atoms. The molecule has 1 atom stereocenters. The van der Waals surface area contributed by atoms with E-state index < -0.39 is 17.5 Å². The van der Waals surface area contributed by atoms with Crippen molar-refractivity contribution < 1.29 is 14.4 Å². The van der Waals surface area contributed by atoms with Crippen molar-refractivity contribution in [1.29, 1.82) is 0 Å². The van der Waals surface area contributed by atoms with Crippen LogP contribution in [-0.4, -0.2) is 41.6 Å². The fourth-order valence-electron chi connectivity index (χ4n) is 3.61. The summed E-state index contributed by atoms with van der Waals surface area (Å²) < 4.78 is 0. The second-order valence-corrected chi connectivity index (χ2v) is 8.69. The monoisotopic (exact) mass is 433 g/mol. The summed E-state index contributed by atoms with van der Waals surface area (Å²) in [4.78, 5) is 40.0. The molecule has 6 nitrogen and oxygen atoms in total. The topological polar surface area (TPSA) is 78.5 Å². The van der Waals surface area contributed by atoms with Crippen LogP contribution in [0.25, 0.3) is 10.8 Å². The fourth-order valence-corrected chi connectivity index (χ4v) is 4.40. The first-order chi connectivity index (χ1) is 15.0. The average molecular weight is 434 g/mol. The van der Waals surface area contributed by atoms with Crippen molar-refractivity contribution in [2.75, 3.05) is 18.8 Å². The number of amides is 4. The van der Waals surface area contributed by atoms with Gasteiger partial charge in [0.2, 0.25) is 5.91 Å². The zero-order valence-electron chi connectivity index (χ0n) is 17.1. The number of nitrogens with zero attached hydrogens (tertiary/aromatic N) is 1. The summed E-state index contributed by atoms with van der Waals surface area (Å²) in [6.07, 6.45) is 0. The number of fused-ring (bicyclic) bond motifs is 1. The number of thioether (sulfide) groups is 1. The highest BCUT2D eigenvalue weighted by Crippen LogP contribution is 2.30. The molecular weight excluding hydrogens is 410 g/mol. The van der Waals surface area contributed by atoms with Crippen LogP contribution in [0.1, 0.15) is 12.5 Å². The minimum Gasteiger partial charge on any atom is -0.354 e. The Morgan fingerprint density at radius 3 is 2.48 bits per heavy atom. The molecule has 4 rings (SSSR count). The van der Waals surface area contributed by atoms with Crippen molar-refractivity contribution in [2.24, 2.45) is 0 Å². The third-order valence-corrected chi connectivity index (χ3v) is 6.35. The molecule has 0 saturated carbocycles. The van der Waals surface area contributed by atoms with E-state index in [4.69, 9.17) is 0 Å². The van der Waals surface area contributed by atoms with Gasteiger partial charge in [-0.05, 0) is 41.5 Å². The van der Waals surface area contributed by atoms with Crippen molar-refractivity contribution >= 4 is 40.4 Å². The van der Waals surface area contributed by atoms with Crippen LogP contribution in [0.5, 0.6) is 0 Å². The molecule has 1 fully saturated rings. The Bertz CT molecular complexity index is 1140. The summed E-state index contributed by atoms with van der Waals surface area (Å²) in [7, 11) is 0. The highest BCUT2D eigenvalue weighted by molar-refractivity contribution is 7.99. The van der Waals surface area contributed by atoms with E-state index in [0.717, 1.165) is 20.6 Å². The van der Waals surface area contributed by atoms with Gasteiger partial charge in [0, 0.05) is 17.2 Å². The Balaban J connectivity index is 1.37. The zero-order chi connectivity index (χ0) is 21.8. The number of urea groups is 1. The zero-order valence-corrected chi connectivity index (χ0v) is 17.9. The maximum absolute atomic E-state index is 13.1. The van der Waals surface area contributed by atoms with Crippen LogP contribution in [0.3, 0.4) is 0 Å². The molecule has 3 aromatic rings. The van der Waals surface area contributed by atoms with Gasteiger partial charge in [-0.3, -0.25) is 14.5 Å². The fraction of sp³-hybridized carbons (Fsp3) is 0.208. The van der Waals surface area contributed by atoms with Crippen molar-refractivity contribution in [3.63, 3.8) is 0 Å². The Kier molecular flexibility index (Phi) is 5.95. The summed E-state index contributed by atoms with van der Waals surface area (Å²) >= 11 is 1.63. The lowest BCUT2D eigenvalue weighted by Crippen LogP contribution is -2.43. The molecule has 1 aliphatic rings. The SMILES string of the molecule is C[C@@]1(c2ccc3ccccc3c2)NC(=O)N(CC(=O)NCCSc2ccccc2)C1=O. The van der Waals surface area contributed by atoms with Crippen LogP contribution in [0.2, 0.25) is 0 Å². The molecule has 1 aliphatic heterocycles. The van der Waals surface area contributed by atoms with Crippen LogP contribution in [0.4, 0.5) is 4.79 Å². The van der Waals surface area contributed by atoms with Gasteiger partial charge in [-0.25, -0.2) is 4.79 Å². The van der Waals surface area contributed by atoms with E-state index in [2.05, 4.69) is 10.6 Å². The number of imide groups is 1. The molecule has 1 saturated heterocycles. The first-order valence-electron chi connectivity index (χ1n) is 10.1. The minimum atomic E-state index is -1.20. The van der Waals surface area contributed by atoms with E-state index in [-0.39, 0.29) is 12.5 Å². The van der Waals surface area contributed by atoms with E-state index in [1.165, 1.54) is 0 Å². The van der Waals surface area contributed by atoms with E-state index >= 15 is 0 Å². The van der Waals surface area contributed by atoms with Gasteiger partial charge in [-0.15, -0.1) is 11.8 Å². The van der Waals surface area contributed by atoms with E-state index in [1.807, 2.05) is 72.8 Å². The maximum Gasteiger partial charge on any atom is 0.325 e. The van der Waals surface area contributed by atoms with Gasteiger partial charge in [0.05, 0.1) is 0 Å². The number of benzene rings is 3. The van der Waals surface area contributed by atoms with Crippen molar-refractivity contribution in [3.05, 3.63) is 78.4 Å². The second-order valence-electron chi connectivity index (χ2n) is 7.52. The highest BCUT2D eigenvalue weighted by Gasteiger charge is 2.49. The van der Waals surface area contributed by atoms with Gasteiger partial charge in [-0.2, -0.15) is 0 Å². The van der Waals surface area contributed by atoms with Crippen LogP contribution in [0, 0.1) is 0 Å². The summed E-state index contributed by atoms with van der Waals surface area (Å²) in [5.41, 5.74) is -0.517. The molecule has 7 heteroatoms. The number of carbonyl (C=O) groups excluding carboxylic acids is 3. The van der Waals surface area contributed by atoms with Crippen LogP contribution in [0.15, 0.2) is 77.7 Å². The lowest BCUT2D eigenvalue weighted by Gasteiger charge is -2.22. The van der Waals surface area contributed by atoms with Crippen molar-refractivity contribution in [3.8, 4) is 0 Å². The summed E-state index contributed by atoms with van der Waals surface area (Å²) in [5.74, 6) is -0.0912. The predicted molar refractivity (Wildman–Crippen MR) is 122 cm³/mol. The Morgan fingerprint density at radius 2 is 1.71 bits per heavy atom. The number of rotatable bonds is 7. The summed E-state index contributed by atoms with van der Waals surface area (Å²) in [6, 6.07) is 22.8. The number of nitrogens with one attached hydrogen (secondary N) is 2. The Labute approximate surface area is 185 Å². The first kappa shape index (κ1) is 20.9. The lowest BCUT2D eigenvalue weighted by atomic mass is 9.90. The quantitative estimate of drug-likeness (QED) is 0.340. The molecule has 158 valence electrons. The van der Waals surface area contributed by atoms with Gasteiger partial charge >= 0.3 is 6.03 Å². The first-order valence-corrected chi connectivity index (χ1v) is 11.0. The molecule has 0 unspecified atom stereocenters. The number of hydrogen-bond donors (Lipinski definition) is 2. The summed E-state index contributed by atoms with van der Waals surface area (Å²) in [5, 5.41) is 7.57. The summed E-state index contributed by atoms with van der Waals surface area (Å²) in [6.45, 7) is 1.82. The number of carbonyl (C=O) groups is 3. The Morgan fingerprint density at radius 1 is 1.00 bits per heavy atom. The molecule has 0 radical (unpaired) electrons. The Hall–Kier alpha value is -3.32. The predicted octanol–water partition coefficient (Wildman–Crippen LogP) is 3.52. The molecule has 0 spiro atoms. The number of hydrogen-bond acceptors (Lipinski definition) is 4. The van der Waals surface area contributed by atoms with Gasteiger partial charge in [0.1, 0.15) is 12.1 Å². The second kappa shape index (κ2) is 8.81. The molecule has 2 N–H and O–H groups in total. The van der Waals surface area contributed by atoms with Gasteiger partial charge in [-0.1, -0.05) is 54.6 Å². The molecule has 0 aromatic heterocycles. The smallest absolute Gasteiger partial charge is 0.325 e. The average Bonchev–Trinajstić information content (AvgIpc) is 3.01. The van der Waals surface area contributed by atoms with Crippen molar-refractivity contribution in [2.45, 2.75) is 17.4 Å². The molecule has 1 heterocycles. The van der Waals surface area contributed by atoms with Crippen LogP contribution < -0.4 is 10.6 Å². The molecular formula is C24H23N3O3S. The molecule has 0 aliphatic carbocycles. The standard InChI is InChI=1S/C24H23N3O3S/c1-24(19-12-11-17-7-5-6-8-18(17)15-19)22(29)27(23(30)26-24)16-21(28)25-13-14-31-20-9-3-2-4-10-20/h2-12,15H,13-14,16H2,1H3,(H,25,28)(H,26,30)/t24-/m0/s1. The third-order valence-electron chi connectivity index (χ3n) is 5.34. The van der Waals surface area contributed by atoms with Gasteiger partial charge in [0.25, 0.3) is 5.91 Å². The lowest BCUT2D eigenvalue weighted by molar-refractivity contribution is -0.134. The normalized spacial score (nSPS) is 18.3. The third kappa shape index (κ3) is 4.41. The highest BCUT2D eigenvalue weighted by atomic mass is 32.2. The van der Waals surface area contributed by atoms with Gasteiger partial charge < -0.3 is 10.6 Å². The molecule has 31 heavy (non-hydrogen) atoms. The minimum absolute atomic E-state index is 0.302. The maximum atomic E-state index is 13.1. The van der Waals surface area contributed by atoms with Gasteiger partial charge in [0.15, 0.2) is 0 Å². The molecule has 3 aromatic carbocycles. The largest absolute Gasteiger partial charge is 0.354 e. The van der Waals surface area contributed by atoms with E-state index in [1.54, 1.807) is 18.7 Å².